The molecule has 342 valence electrons. The number of rotatable bonds is 30. The maximum atomic E-state index is 12.9. The minimum atomic E-state index is -1.79. The van der Waals surface area contributed by atoms with Crippen LogP contribution in [0.25, 0.3) is 0 Å². The maximum Gasteiger partial charge on any atom is 0.220 e. The van der Waals surface area contributed by atoms with E-state index in [1.165, 1.54) is 0 Å². The summed E-state index contributed by atoms with van der Waals surface area (Å²) in [6.07, 6.45) is 24.3. The van der Waals surface area contributed by atoms with Gasteiger partial charge in [-0.25, -0.2) is 0 Å². The first kappa shape index (κ1) is 53.3. The van der Waals surface area contributed by atoms with Gasteiger partial charge < -0.3 is 65.1 Å². The van der Waals surface area contributed by atoms with Crippen molar-refractivity contribution >= 4 is 5.91 Å². The number of nitrogens with one attached hydrogen (secondary N) is 1. The van der Waals surface area contributed by atoms with Gasteiger partial charge in [-0.15, -0.1) is 0 Å². The summed E-state index contributed by atoms with van der Waals surface area (Å²) in [6.45, 7) is 2.46. The van der Waals surface area contributed by atoms with Gasteiger partial charge in [-0.2, -0.15) is 0 Å². The smallest absolute Gasteiger partial charge is 0.220 e. The van der Waals surface area contributed by atoms with Crippen molar-refractivity contribution in [3.8, 4) is 0 Å². The Kier molecular flexibility index (Phi) is 29.2. The van der Waals surface area contributed by atoms with Crippen LogP contribution >= 0.6 is 0 Å². The lowest BCUT2D eigenvalue weighted by atomic mass is 9.97. The lowest BCUT2D eigenvalue weighted by molar-refractivity contribution is -0.359. The second-order valence-electron chi connectivity index (χ2n) is 15.1. The highest BCUT2D eigenvalue weighted by Gasteiger charge is 2.50. The van der Waals surface area contributed by atoms with Gasteiger partial charge in [-0.1, -0.05) is 118 Å². The maximum absolute atomic E-state index is 12.9. The van der Waals surface area contributed by atoms with Crippen LogP contribution in [-0.2, 0) is 23.7 Å². The molecule has 0 aromatic carbocycles. The molecule has 12 atom stereocenters. The van der Waals surface area contributed by atoms with Crippen molar-refractivity contribution in [3.63, 3.8) is 0 Å². The third kappa shape index (κ3) is 20.8. The van der Waals surface area contributed by atoms with E-state index in [9.17, 15) is 45.6 Å². The van der Waals surface area contributed by atoms with Crippen LogP contribution in [0, 0.1) is 0 Å². The van der Waals surface area contributed by atoms with Crippen LogP contribution in [0.2, 0.25) is 0 Å². The summed E-state index contributed by atoms with van der Waals surface area (Å²) in [5, 5.41) is 85.7. The molecular weight excluding hydrogens is 775 g/mol. The summed E-state index contributed by atoms with van der Waals surface area (Å²) in [7, 11) is 0. The van der Waals surface area contributed by atoms with Gasteiger partial charge in [-0.05, 0) is 64.2 Å². The summed E-state index contributed by atoms with van der Waals surface area (Å²) in [5.74, 6) is -0.283. The first-order valence-electron chi connectivity index (χ1n) is 21.8. The zero-order valence-corrected chi connectivity index (χ0v) is 35.7. The van der Waals surface area contributed by atoms with Crippen LogP contribution in [0.3, 0.4) is 0 Å². The number of allylic oxidation sites excluding steroid dienone is 14. The Morgan fingerprint density at radius 1 is 0.617 bits per heavy atom. The number of aliphatic hydroxyl groups excluding tert-OH is 8. The third-order valence-electron chi connectivity index (χ3n) is 10.1. The first-order valence-corrected chi connectivity index (χ1v) is 21.8. The molecule has 2 saturated heterocycles. The molecule has 0 aromatic heterocycles. The summed E-state index contributed by atoms with van der Waals surface area (Å²) >= 11 is 0. The number of carbonyl (C=O) groups excluding carboxylic acids is 1. The topological polar surface area (TPSA) is 228 Å². The molecule has 0 aliphatic carbocycles. The van der Waals surface area contributed by atoms with Crippen molar-refractivity contribution in [3.05, 3.63) is 85.1 Å². The van der Waals surface area contributed by atoms with Crippen molar-refractivity contribution in [1.82, 2.24) is 5.32 Å². The number of unbranched alkanes of at least 4 members (excludes halogenated alkanes) is 3. The summed E-state index contributed by atoms with van der Waals surface area (Å²) in [6, 6.07) is -0.860. The molecule has 0 aromatic rings. The highest BCUT2D eigenvalue weighted by atomic mass is 16.7. The van der Waals surface area contributed by atoms with Gasteiger partial charge in [-0.3, -0.25) is 4.79 Å². The number of ether oxygens (including phenoxy) is 4. The highest BCUT2D eigenvalue weighted by molar-refractivity contribution is 5.76. The minimum Gasteiger partial charge on any atom is -0.394 e. The van der Waals surface area contributed by atoms with E-state index in [2.05, 4.69) is 91.2 Å². The highest BCUT2D eigenvalue weighted by Crippen LogP contribution is 2.30. The van der Waals surface area contributed by atoms with Gasteiger partial charge in [0, 0.05) is 6.42 Å². The molecule has 12 unspecified atom stereocenters. The Bertz CT molecular complexity index is 1330. The fraction of sp³-hybridized carbons (Fsp3) is 0.674. The van der Waals surface area contributed by atoms with Crippen molar-refractivity contribution in [2.75, 3.05) is 19.8 Å². The van der Waals surface area contributed by atoms with Gasteiger partial charge in [0.2, 0.25) is 5.91 Å². The second kappa shape index (κ2) is 32.8. The van der Waals surface area contributed by atoms with Crippen molar-refractivity contribution in [2.45, 2.75) is 177 Å². The Balaban J connectivity index is 1.75. The van der Waals surface area contributed by atoms with Crippen LogP contribution in [0.5, 0.6) is 0 Å². The normalized spacial score (nSPS) is 29.1. The van der Waals surface area contributed by atoms with Crippen LogP contribution in [0.4, 0.5) is 0 Å². The fourth-order valence-corrected chi connectivity index (χ4v) is 6.52. The zero-order valence-electron chi connectivity index (χ0n) is 35.7. The van der Waals surface area contributed by atoms with Crippen molar-refractivity contribution in [1.29, 1.82) is 0 Å². The van der Waals surface area contributed by atoms with E-state index in [0.717, 1.165) is 64.2 Å². The Morgan fingerprint density at radius 2 is 1.12 bits per heavy atom. The Morgan fingerprint density at radius 3 is 1.63 bits per heavy atom. The molecule has 9 N–H and O–H groups in total. The summed E-state index contributed by atoms with van der Waals surface area (Å²) in [5.41, 5.74) is 0. The SMILES string of the molecule is CC/C=C\C/C=C\C/C=C\C/C=C\C/C=C\C/C=C\C/C=C\CCCC(=O)NC(COC1OC(CO)C(OC2OC(CO)C(O)C(O)C2O)C(O)C1O)C(O)CCCCC. The van der Waals surface area contributed by atoms with Gasteiger partial charge >= 0.3 is 0 Å². The molecule has 2 fully saturated rings. The number of amides is 1. The Labute approximate surface area is 357 Å². The van der Waals surface area contributed by atoms with E-state index in [4.69, 9.17) is 18.9 Å². The molecule has 1 amide bonds. The number of hydrogen-bond donors (Lipinski definition) is 9. The molecule has 2 aliphatic rings. The average Bonchev–Trinajstić information content (AvgIpc) is 3.24. The molecule has 14 heteroatoms. The molecule has 0 saturated carbocycles. The molecule has 2 rings (SSSR count). The van der Waals surface area contributed by atoms with Crippen LogP contribution in [0.15, 0.2) is 85.1 Å². The number of carbonyl (C=O) groups is 1. The number of hydrogen-bond acceptors (Lipinski definition) is 13. The molecular formula is C46H75NO13. The van der Waals surface area contributed by atoms with E-state index in [-0.39, 0.29) is 18.9 Å². The van der Waals surface area contributed by atoms with Gasteiger partial charge in [0.15, 0.2) is 12.6 Å². The molecule has 2 aliphatic heterocycles. The molecule has 14 nitrogen and oxygen atoms in total. The molecule has 0 radical (unpaired) electrons. The summed E-state index contributed by atoms with van der Waals surface area (Å²) in [4.78, 5) is 12.9. The van der Waals surface area contributed by atoms with Gasteiger partial charge in [0.1, 0.15) is 48.8 Å². The molecule has 0 spiro atoms. The molecule has 60 heavy (non-hydrogen) atoms. The summed E-state index contributed by atoms with van der Waals surface area (Å²) < 4.78 is 22.4. The van der Waals surface area contributed by atoms with Crippen LogP contribution < -0.4 is 5.32 Å². The second-order valence-corrected chi connectivity index (χ2v) is 15.1. The standard InChI is InChI=1S/C46H75NO13/c1-3-5-7-8-9-10-11-12-13-14-15-16-17-18-19-20-21-22-23-24-25-26-28-30-38(51)47-34(35(50)29-27-6-4-2)33-57-45-43(56)41(54)44(37(32-49)59-45)60-46-42(55)40(53)39(52)36(31-48)58-46/h5,7,9-10,12-13,15-16,18-19,21-22,24-25,34-37,39-46,48-50,52-56H,3-4,6,8,11,14,17,20,23,26-33H2,1-2H3,(H,47,51)/b7-5-,10-9-,13-12-,16-15-,19-18-,22-21-,25-24-. The number of aliphatic hydroxyl groups is 8. The molecule has 0 bridgehead atoms. The quantitative estimate of drug-likeness (QED) is 0.0370. The lowest BCUT2D eigenvalue weighted by Crippen LogP contribution is -2.65. The van der Waals surface area contributed by atoms with Crippen molar-refractivity contribution in [2.24, 2.45) is 0 Å². The third-order valence-corrected chi connectivity index (χ3v) is 10.1. The van der Waals surface area contributed by atoms with E-state index < -0.39 is 86.8 Å². The predicted octanol–water partition coefficient (Wildman–Crippen LogP) is 3.87. The van der Waals surface area contributed by atoms with Gasteiger partial charge in [0.05, 0.1) is 32.0 Å². The first-order chi connectivity index (χ1) is 29.1. The van der Waals surface area contributed by atoms with Gasteiger partial charge in [0.25, 0.3) is 0 Å². The van der Waals surface area contributed by atoms with E-state index >= 15 is 0 Å². The lowest BCUT2D eigenvalue weighted by Gasteiger charge is -2.46. The zero-order chi connectivity index (χ0) is 44.0. The average molecular weight is 850 g/mol. The minimum absolute atomic E-state index is 0.216. The van der Waals surface area contributed by atoms with Crippen LogP contribution in [0.1, 0.15) is 104 Å². The van der Waals surface area contributed by atoms with Crippen LogP contribution in [-0.4, -0.2) is 140 Å². The predicted molar refractivity (Wildman–Crippen MR) is 230 cm³/mol. The Hall–Kier alpha value is -2.83. The molecule has 2 heterocycles. The van der Waals surface area contributed by atoms with E-state index in [0.29, 0.717) is 19.3 Å². The largest absolute Gasteiger partial charge is 0.394 e. The monoisotopic (exact) mass is 850 g/mol. The van der Waals surface area contributed by atoms with Crippen molar-refractivity contribution < 1.29 is 64.6 Å². The fourth-order valence-electron chi connectivity index (χ4n) is 6.52. The van der Waals surface area contributed by atoms with E-state index in [1.807, 2.05) is 13.0 Å². The van der Waals surface area contributed by atoms with E-state index in [1.54, 1.807) is 0 Å².